The van der Waals surface area contributed by atoms with Crippen LogP contribution in [0.4, 0.5) is 16.2 Å². The minimum absolute atomic E-state index is 0.0764. The fourth-order valence-electron chi connectivity index (χ4n) is 2.87. The van der Waals surface area contributed by atoms with Gasteiger partial charge in [0.15, 0.2) is 0 Å². The molecule has 1 aliphatic heterocycles. The van der Waals surface area contributed by atoms with E-state index in [-0.39, 0.29) is 12.1 Å². The molecule has 1 heterocycles. The third-order valence-corrected chi connectivity index (χ3v) is 4.04. The zero-order chi connectivity index (χ0) is 18.8. The molecule has 0 aromatic heterocycles. The van der Waals surface area contributed by atoms with Crippen LogP contribution in [0.1, 0.15) is 38.1 Å². The molecule has 2 N–H and O–H groups in total. The van der Waals surface area contributed by atoms with Gasteiger partial charge in [0.1, 0.15) is 5.60 Å². The number of esters is 1. The Balaban J connectivity index is 2.09. The highest BCUT2D eigenvalue weighted by atomic mass is 16.6. The van der Waals surface area contributed by atoms with Crippen molar-refractivity contribution in [3.8, 4) is 0 Å². The van der Waals surface area contributed by atoms with E-state index in [1.165, 1.54) is 7.11 Å². The minimum atomic E-state index is -0.508. The molecule has 2 rings (SSSR count). The topological polar surface area (TPSA) is 85.1 Å². The number of ether oxygens (including phenoxy) is 2. The maximum atomic E-state index is 12.2. The molecule has 7 heteroatoms. The minimum Gasteiger partial charge on any atom is -0.465 e. The van der Waals surface area contributed by atoms with Crippen molar-refractivity contribution in [3.63, 3.8) is 0 Å². The van der Waals surface area contributed by atoms with Gasteiger partial charge in [0.05, 0.1) is 24.0 Å². The van der Waals surface area contributed by atoms with E-state index in [0.717, 1.165) is 5.69 Å². The standard InChI is InChI=1S/C18H27N3O4/c1-12-11-20(17(23)25-18(2,3)4)8-9-21(12)15-7-6-13(10-14(15)19)16(22)24-5/h6-7,10,12H,8-9,11,19H2,1-5H3/t12-/m1/s1. The zero-order valence-corrected chi connectivity index (χ0v) is 15.5. The van der Waals surface area contributed by atoms with Crippen LogP contribution in [0.5, 0.6) is 0 Å². The van der Waals surface area contributed by atoms with Crippen molar-refractivity contribution in [2.75, 3.05) is 37.4 Å². The summed E-state index contributed by atoms with van der Waals surface area (Å²) < 4.78 is 10.1. The molecule has 1 aromatic carbocycles. The van der Waals surface area contributed by atoms with E-state index in [2.05, 4.69) is 4.90 Å². The fraction of sp³-hybridized carbons (Fsp3) is 0.556. The van der Waals surface area contributed by atoms with Gasteiger partial charge >= 0.3 is 12.1 Å². The molecule has 7 nitrogen and oxygen atoms in total. The summed E-state index contributed by atoms with van der Waals surface area (Å²) in [6.45, 7) is 9.34. The summed E-state index contributed by atoms with van der Waals surface area (Å²) in [5.74, 6) is -0.416. The molecule has 0 spiro atoms. The summed E-state index contributed by atoms with van der Waals surface area (Å²) in [6, 6.07) is 5.22. The first kappa shape index (κ1) is 18.9. The number of carbonyl (C=O) groups excluding carboxylic acids is 2. The second-order valence-electron chi connectivity index (χ2n) is 7.23. The van der Waals surface area contributed by atoms with Gasteiger partial charge in [0.2, 0.25) is 0 Å². The third-order valence-electron chi connectivity index (χ3n) is 4.04. The Kier molecular flexibility index (Phi) is 5.45. The van der Waals surface area contributed by atoms with E-state index in [1.54, 1.807) is 17.0 Å². The highest BCUT2D eigenvalue weighted by Crippen LogP contribution is 2.28. The average Bonchev–Trinajstić information content (AvgIpc) is 2.52. The summed E-state index contributed by atoms with van der Waals surface area (Å²) in [5.41, 5.74) is 7.41. The van der Waals surface area contributed by atoms with Crippen LogP contribution in [0.3, 0.4) is 0 Å². The van der Waals surface area contributed by atoms with E-state index < -0.39 is 11.6 Å². The normalized spacial score (nSPS) is 18.0. The van der Waals surface area contributed by atoms with Gasteiger partial charge in [-0.05, 0) is 45.9 Å². The largest absolute Gasteiger partial charge is 0.465 e. The molecule has 1 saturated heterocycles. The fourth-order valence-corrected chi connectivity index (χ4v) is 2.87. The van der Waals surface area contributed by atoms with Crippen molar-refractivity contribution in [3.05, 3.63) is 23.8 Å². The molecule has 1 amide bonds. The molecule has 0 bridgehead atoms. The van der Waals surface area contributed by atoms with Gasteiger partial charge in [-0.3, -0.25) is 0 Å². The Morgan fingerprint density at radius 2 is 1.92 bits per heavy atom. The predicted octanol–water partition coefficient (Wildman–Crippen LogP) is 2.50. The number of nitrogen functional groups attached to an aromatic ring is 1. The smallest absolute Gasteiger partial charge is 0.410 e. The average molecular weight is 349 g/mol. The van der Waals surface area contributed by atoms with Crippen LogP contribution in [0.2, 0.25) is 0 Å². The molecule has 138 valence electrons. The molecule has 1 atom stereocenters. The molecule has 1 aromatic rings. The van der Waals surface area contributed by atoms with E-state index >= 15 is 0 Å². The number of carbonyl (C=O) groups is 2. The Morgan fingerprint density at radius 3 is 2.44 bits per heavy atom. The summed E-state index contributed by atoms with van der Waals surface area (Å²) in [7, 11) is 1.34. The molecular formula is C18H27N3O4. The highest BCUT2D eigenvalue weighted by molar-refractivity contribution is 5.92. The number of amides is 1. The Morgan fingerprint density at radius 1 is 1.24 bits per heavy atom. The summed E-state index contributed by atoms with van der Waals surface area (Å²) >= 11 is 0. The third kappa shape index (κ3) is 4.55. The first-order valence-corrected chi connectivity index (χ1v) is 8.35. The number of hydrogen-bond acceptors (Lipinski definition) is 6. The van der Waals surface area contributed by atoms with E-state index in [9.17, 15) is 9.59 Å². The number of nitrogens with zero attached hydrogens (tertiary/aromatic N) is 2. The van der Waals surface area contributed by atoms with Crippen molar-refractivity contribution in [2.24, 2.45) is 0 Å². The number of piperazine rings is 1. The zero-order valence-electron chi connectivity index (χ0n) is 15.5. The lowest BCUT2D eigenvalue weighted by atomic mass is 10.1. The Bertz CT molecular complexity index is 654. The van der Waals surface area contributed by atoms with E-state index in [1.807, 2.05) is 33.8 Å². The monoisotopic (exact) mass is 349 g/mol. The second-order valence-corrected chi connectivity index (χ2v) is 7.23. The number of methoxy groups -OCH3 is 1. The van der Waals surface area contributed by atoms with Crippen molar-refractivity contribution < 1.29 is 19.1 Å². The van der Waals surface area contributed by atoms with Gasteiger partial charge in [-0.1, -0.05) is 0 Å². The van der Waals surface area contributed by atoms with Gasteiger partial charge < -0.3 is 25.0 Å². The van der Waals surface area contributed by atoms with Crippen molar-refractivity contribution in [2.45, 2.75) is 39.3 Å². The summed E-state index contributed by atoms with van der Waals surface area (Å²) in [5, 5.41) is 0. The van der Waals surface area contributed by atoms with Crippen LogP contribution in [0.25, 0.3) is 0 Å². The van der Waals surface area contributed by atoms with Gasteiger partial charge in [-0.25, -0.2) is 9.59 Å². The number of anilines is 2. The lowest BCUT2D eigenvalue weighted by Gasteiger charge is -2.41. The molecule has 0 saturated carbocycles. The summed E-state index contributed by atoms with van der Waals surface area (Å²) in [4.78, 5) is 27.7. The lowest BCUT2D eigenvalue weighted by Crippen LogP contribution is -2.54. The van der Waals surface area contributed by atoms with Gasteiger partial charge in [0, 0.05) is 25.7 Å². The first-order valence-electron chi connectivity index (χ1n) is 8.35. The molecule has 0 radical (unpaired) electrons. The molecule has 0 unspecified atom stereocenters. The molecule has 25 heavy (non-hydrogen) atoms. The Hall–Kier alpha value is -2.44. The quantitative estimate of drug-likeness (QED) is 0.652. The highest BCUT2D eigenvalue weighted by Gasteiger charge is 2.30. The van der Waals surface area contributed by atoms with Crippen LogP contribution >= 0.6 is 0 Å². The van der Waals surface area contributed by atoms with Gasteiger partial charge in [0.25, 0.3) is 0 Å². The first-order chi connectivity index (χ1) is 11.6. The SMILES string of the molecule is COC(=O)c1ccc(N2CCN(C(=O)OC(C)(C)C)C[C@H]2C)c(N)c1. The van der Waals surface area contributed by atoms with Crippen molar-refractivity contribution in [1.82, 2.24) is 4.90 Å². The number of hydrogen-bond donors (Lipinski definition) is 1. The van der Waals surface area contributed by atoms with E-state index in [4.69, 9.17) is 15.2 Å². The molecule has 1 aliphatic rings. The predicted molar refractivity (Wildman–Crippen MR) is 96.8 cm³/mol. The van der Waals surface area contributed by atoms with Crippen molar-refractivity contribution in [1.29, 1.82) is 0 Å². The molecule has 0 aliphatic carbocycles. The van der Waals surface area contributed by atoms with Crippen LogP contribution in [0.15, 0.2) is 18.2 Å². The van der Waals surface area contributed by atoms with E-state index in [0.29, 0.717) is 30.9 Å². The molecular weight excluding hydrogens is 322 g/mol. The Labute approximate surface area is 148 Å². The van der Waals surface area contributed by atoms with Crippen molar-refractivity contribution >= 4 is 23.4 Å². The maximum Gasteiger partial charge on any atom is 0.410 e. The van der Waals surface area contributed by atoms with Crippen LogP contribution in [0, 0.1) is 0 Å². The molecule has 1 fully saturated rings. The number of benzene rings is 1. The second kappa shape index (κ2) is 7.21. The lowest BCUT2D eigenvalue weighted by molar-refractivity contribution is 0.0218. The van der Waals surface area contributed by atoms with Gasteiger partial charge in [-0.15, -0.1) is 0 Å². The van der Waals surface area contributed by atoms with Crippen LogP contribution in [-0.2, 0) is 9.47 Å². The van der Waals surface area contributed by atoms with Crippen LogP contribution in [-0.4, -0.2) is 55.3 Å². The van der Waals surface area contributed by atoms with Gasteiger partial charge in [-0.2, -0.15) is 0 Å². The number of nitrogens with two attached hydrogens (primary N) is 1. The number of rotatable bonds is 2. The maximum absolute atomic E-state index is 12.2. The summed E-state index contributed by atoms with van der Waals surface area (Å²) in [6.07, 6.45) is -0.298. The van der Waals surface area contributed by atoms with Crippen LogP contribution < -0.4 is 10.6 Å².